The second-order valence-electron chi connectivity index (χ2n) is 5.32. The van der Waals surface area contributed by atoms with Crippen LogP contribution >= 0.6 is 0 Å². The van der Waals surface area contributed by atoms with E-state index in [-0.39, 0.29) is 0 Å². The molecule has 0 aromatic heterocycles. The number of nitrogens with zero attached hydrogens (tertiary/aromatic N) is 2. The third kappa shape index (κ3) is 4.94. The molecule has 1 saturated carbocycles. The van der Waals surface area contributed by atoms with Crippen LogP contribution in [0.4, 0.5) is 0 Å². The lowest BCUT2D eigenvalue weighted by Crippen LogP contribution is -2.46. The molecule has 1 aliphatic carbocycles. The molecule has 0 bridgehead atoms. The molecule has 100 valence electrons. The summed E-state index contributed by atoms with van der Waals surface area (Å²) in [6.07, 6.45) is 6.40. The molecule has 1 aliphatic rings. The van der Waals surface area contributed by atoms with Gasteiger partial charge in [-0.3, -0.25) is 5.43 Å². The Balaban J connectivity index is 2.62. The van der Waals surface area contributed by atoms with Crippen molar-refractivity contribution >= 4 is 5.96 Å². The lowest BCUT2D eigenvalue weighted by molar-refractivity contribution is 0.360. The van der Waals surface area contributed by atoms with Crippen LogP contribution in [-0.4, -0.2) is 30.0 Å². The zero-order valence-corrected chi connectivity index (χ0v) is 11.6. The fourth-order valence-corrected chi connectivity index (χ4v) is 2.40. The molecule has 4 heteroatoms. The van der Waals surface area contributed by atoms with Crippen molar-refractivity contribution in [1.29, 1.82) is 0 Å². The van der Waals surface area contributed by atoms with Gasteiger partial charge >= 0.3 is 0 Å². The molecule has 0 aliphatic heterocycles. The first-order chi connectivity index (χ1) is 8.17. The molecule has 0 saturated heterocycles. The number of guanidine groups is 1. The van der Waals surface area contributed by atoms with E-state index < -0.39 is 0 Å². The summed E-state index contributed by atoms with van der Waals surface area (Å²) in [4.78, 5) is 7.02. The molecule has 1 fully saturated rings. The highest BCUT2D eigenvalue weighted by molar-refractivity contribution is 5.79. The summed E-state index contributed by atoms with van der Waals surface area (Å²) in [5, 5.41) is 0. The molecular weight excluding hydrogens is 212 g/mol. The normalized spacial score (nSPS) is 18.5. The van der Waals surface area contributed by atoms with E-state index in [1.807, 2.05) is 0 Å². The van der Waals surface area contributed by atoms with Gasteiger partial charge in [-0.15, -0.1) is 0 Å². The van der Waals surface area contributed by atoms with Gasteiger partial charge in [0.05, 0.1) is 6.04 Å². The summed E-state index contributed by atoms with van der Waals surface area (Å²) < 4.78 is 0. The molecule has 0 aromatic rings. The van der Waals surface area contributed by atoms with Gasteiger partial charge in [0.15, 0.2) is 0 Å². The van der Waals surface area contributed by atoms with Gasteiger partial charge in [-0.05, 0) is 25.7 Å². The minimum Gasteiger partial charge on any atom is -0.342 e. The van der Waals surface area contributed by atoms with Crippen LogP contribution in [0.25, 0.3) is 0 Å². The van der Waals surface area contributed by atoms with Gasteiger partial charge in [0.25, 0.3) is 0 Å². The van der Waals surface area contributed by atoms with Crippen molar-refractivity contribution in [2.24, 2.45) is 16.8 Å². The van der Waals surface area contributed by atoms with E-state index >= 15 is 0 Å². The fourth-order valence-electron chi connectivity index (χ4n) is 2.40. The molecule has 3 N–H and O–H groups in total. The topological polar surface area (TPSA) is 53.6 Å². The Hall–Kier alpha value is -0.770. The Labute approximate surface area is 106 Å². The van der Waals surface area contributed by atoms with E-state index in [9.17, 15) is 0 Å². The molecular formula is C13H28N4. The third-order valence-corrected chi connectivity index (χ3v) is 3.28. The summed E-state index contributed by atoms with van der Waals surface area (Å²) in [6, 6.07) is 0.469. The number of nitrogens with two attached hydrogens (primary N) is 1. The van der Waals surface area contributed by atoms with Gasteiger partial charge in [0, 0.05) is 13.1 Å². The minimum absolute atomic E-state index is 0.469. The van der Waals surface area contributed by atoms with Crippen LogP contribution in [-0.2, 0) is 0 Å². The highest BCUT2D eigenvalue weighted by Crippen LogP contribution is 2.20. The Morgan fingerprint density at radius 1 is 1.35 bits per heavy atom. The van der Waals surface area contributed by atoms with Crippen molar-refractivity contribution < 1.29 is 0 Å². The summed E-state index contributed by atoms with van der Waals surface area (Å²) in [5.41, 5.74) is 2.78. The smallest absolute Gasteiger partial charge is 0.208 e. The molecule has 17 heavy (non-hydrogen) atoms. The zero-order chi connectivity index (χ0) is 12.7. The van der Waals surface area contributed by atoms with Gasteiger partial charge in [-0.1, -0.05) is 33.1 Å². The molecule has 1 rings (SSSR count). The van der Waals surface area contributed by atoms with E-state index in [0.29, 0.717) is 12.0 Å². The van der Waals surface area contributed by atoms with E-state index in [2.05, 4.69) is 31.1 Å². The molecule has 0 unspecified atom stereocenters. The van der Waals surface area contributed by atoms with E-state index in [4.69, 9.17) is 10.8 Å². The van der Waals surface area contributed by atoms with Crippen molar-refractivity contribution in [3.8, 4) is 0 Å². The molecule has 0 radical (unpaired) electrons. The standard InChI is InChI=1S/C13H28N4/c1-4-17(10-11(2)3)13(16-14)15-12-8-6-5-7-9-12/h11-12H,4-10,14H2,1-3H3,(H,15,16). The summed E-state index contributed by atoms with van der Waals surface area (Å²) in [5.74, 6) is 7.11. The third-order valence-electron chi connectivity index (χ3n) is 3.28. The van der Waals surface area contributed by atoms with E-state index in [1.54, 1.807) is 0 Å². The lowest BCUT2D eigenvalue weighted by atomic mass is 9.96. The largest absolute Gasteiger partial charge is 0.342 e. The second kappa shape index (κ2) is 7.54. The molecule has 0 spiro atoms. The molecule has 0 atom stereocenters. The number of hydrazine groups is 1. The maximum Gasteiger partial charge on any atom is 0.208 e. The Kier molecular flexibility index (Phi) is 6.34. The summed E-state index contributed by atoms with van der Waals surface area (Å²) in [7, 11) is 0. The number of nitrogens with one attached hydrogen (secondary N) is 1. The molecule has 4 nitrogen and oxygen atoms in total. The van der Waals surface area contributed by atoms with Crippen molar-refractivity contribution in [2.45, 2.75) is 58.9 Å². The quantitative estimate of drug-likeness (QED) is 0.342. The summed E-state index contributed by atoms with van der Waals surface area (Å²) in [6.45, 7) is 8.55. The Bertz CT molecular complexity index is 232. The van der Waals surface area contributed by atoms with Crippen LogP contribution in [0.1, 0.15) is 52.9 Å². The predicted octanol–water partition coefficient (Wildman–Crippen LogP) is 2.12. The first-order valence-electron chi connectivity index (χ1n) is 6.96. The number of hydrogen-bond acceptors (Lipinski definition) is 2. The average Bonchev–Trinajstić information content (AvgIpc) is 2.34. The SMILES string of the molecule is CCN(CC(C)C)C(=NC1CCCCC1)NN. The number of aliphatic imine (C=N–C) groups is 1. The average molecular weight is 240 g/mol. The lowest BCUT2D eigenvalue weighted by Gasteiger charge is -2.28. The second-order valence-corrected chi connectivity index (χ2v) is 5.32. The van der Waals surface area contributed by atoms with Gasteiger partial charge < -0.3 is 4.90 Å². The first-order valence-corrected chi connectivity index (χ1v) is 6.96. The van der Waals surface area contributed by atoms with Crippen molar-refractivity contribution in [3.63, 3.8) is 0 Å². The maximum atomic E-state index is 5.62. The van der Waals surface area contributed by atoms with Crippen LogP contribution in [0.15, 0.2) is 4.99 Å². The van der Waals surface area contributed by atoms with Crippen molar-refractivity contribution in [3.05, 3.63) is 0 Å². The fraction of sp³-hybridized carbons (Fsp3) is 0.923. The number of rotatable bonds is 4. The maximum absolute atomic E-state index is 5.62. The van der Waals surface area contributed by atoms with Crippen LogP contribution in [0.5, 0.6) is 0 Å². The van der Waals surface area contributed by atoms with Crippen molar-refractivity contribution in [1.82, 2.24) is 10.3 Å². The van der Waals surface area contributed by atoms with E-state index in [1.165, 1.54) is 32.1 Å². The number of hydrogen-bond donors (Lipinski definition) is 2. The predicted molar refractivity (Wildman–Crippen MR) is 73.7 cm³/mol. The Morgan fingerprint density at radius 3 is 2.47 bits per heavy atom. The zero-order valence-electron chi connectivity index (χ0n) is 11.6. The van der Waals surface area contributed by atoms with Gasteiger partial charge in [-0.2, -0.15) is 0 Å². The minimum atomic E-state index is 0.469. The highest BCUT2D eigenvalue weighted by Gasteiger charge is 2.16. The van der Waals surface area contributed by atoms with Gasteiger partial charge in [-0.25, -0.2) is 10.8 Å². The summed E-state index contributed by atoms with van der Waals surface area (Å²) >= 11 is 0. The molecule has 0 aromatic carbocycles. The van der Waals surface area contributed by atoms with Gasteiger partial charge in [0.2, 0.25) is 5.96 Å². The molecule has 0 amide bonds. The highest BCUT2D eigenvalue weighted by atomic mass is 15.4. The molecule has 0 heterocycles. The van der Waals surface area contributed by atoms with Crippen molar-refractivity contribution in [2.75, 3.05) is 13.1 Å². The van der Waals surface area contributed by atoms with E-state index in [0.717, 1.165) is 19.0 Å². The van der Waals surface area contributed by atoms with Crippen LogP contribution < -0.4 is 11.3 Å². The van der Waals surface area contributed by atoms with Crippen LogP contribution in [0, 0.1) is 5.92 Å². The van der Waals surface area contributed by atoms with Gasteiger partial charge in [0.1, 0.15) is 0 Å². The first kappa shape index (κ1) is 14.3. The van der Waals surface area contributed by atoms with Crippen LogP contribution in [0.2, 0.25) is 0 Å². The Morgan fingerprint density at radius 2 is 2.00 bits per heavy atom. The van der Waals surface area contributed by atoms with Crippen LogP contribution in [0.3, 0.4) is 0 Å². The monoisotopic (exact) mass is 240 g/mol.